The van der Waals surface area contributed by atoms with E-state index in [0.717, 1.165) is 23.3 Å². The second-order valence-electron chi connectivity index (χ2n) is 3.86. The Kier molecular flexibility index (Phi) is 2.85. The quantitative estimate of drug-likeness (QED) is 0.891. The van der Waals surface area contributed by atoms with Gasteiger partial charge in [-0.1, -0.05) is 11.3 Å². The molecular formula is C9H10N4O2S3. The maximum absolute atomic E-state index is 12.3. The van der Waals surface area contributed by atoms with Crippen LogP contribution in [0, 0.1) is 0 Å². The van der Waals surface area contributed by atoms with Crippen molar-refractivity contribution >= 4 is 37.8 Å². The smallest absolute Gasteiger partial charge is 0.272 e. The summed E-state index contributed by atoms with van der Waals surface area (Å²) in [6, 6.07) is 1.97. The van der Waals surface area contributed by atoms with Crippen LogP contribution in [0.1, 0.15) is 10.4 Å². The number of anilines is 1. The van der Waals surface area contributed by atoms with Gasteiger partial charge in [-0.25, -0.2) is 8.42 Å². The van der Waals surface area contributed by atoms with E-state index < -0.39 is 10.0 Å². The zero-order valence-electron chi connectivity index (χ0n) is 9.24. The highest BCUT2D eigenvalue weighted by Crippen LogP contribution is 2.29. The molecule has 2 aromatic rings. The summed E-state index contributed by atoms with van der Waals surface area (Å²) in [7, 11) is -3.56. The summed E-state index contributed by atoms with van der Waals surface area (Å²) in [5, 5.41) is 9.34. The Balaban J connectivity index is 1.92. The molecule has 0 radical (unpaired) electrons. The van der Waals surface area contributed by atoms with Crippen LogP contribution in [-0.4, -0.2) is 29.5 Å². The molecule has 9 heteroatoms. The van der Waals surface area contributed by atoms with Crippen molar-refractivity contribution in [3.63, 3.8) is 0 Å². The van der Waals surface area contributed by atoms with Crippen molar-refractivity contribution in [2.45, 2.75) is 17.3 Å². The summed E-state index contributed by atoms with van der Waals surface area (Å²) in [5.74, 6) is 0. The molecule has 0 spiro atoms. The van der Waals surface area contributed by atoms with Crippen molar-refractivity contribution < 1.29 is 8.42 Å². The van der Waals surface area contributed by atoms with Crippen LogP contribution in [0.3, 0.4) is 0 Å². The van der Waals surface area contributed by atoms with Crippen LogP contribution < -0.4 is 5.73 Å². The number of thiophene rings is 1. The average Bonchev–Trinajstić information content (AvgIpc) is 2.96. The van der Waals surface area contributed by atoms with Crippen LogP contribution >= 0.6 is 22.7 Å². The number of hydrogen-bond acceptors (Lipinski definition) is 7. The van der Waals surface area contributed by atoms with E-state index in [1.54, 1.807) is 11.3 Å². The van der Waals surface area contributed by atoms with Crippen molar-refractivity contribution in [3.8, 4) is 0 Å². The highest BCUT2D eigenvalue weighted by molar-refractivity contribution is 7.91. The first-order valence-corrected chi connectivity index (χ1v) is 8.35. The zero-order chi connectivity index (χ0) is 12.8. The van der Waals surface area contributed by atoms with Crippen LogP contribution in [0.15, 0.2) is 15.8 Å². The second-order valence-corrected chi connectivity index (χ2v) is 7.99. The zero-order valence-corrected chi connectivity index (χ0v) is 11.7. The SMILES string of the molecule is Nc1nnc(S(=O)(=O)N2CCc3sccc3C2)s1. The third-order valence-electron chi connectivity index (χ3n) is 2.76. The normalized spacial score (nSPS) is 16.7. The van der Waals surface area contributed by atoms with Gasteiger partial charge in [0, 0.05) is 18.0 Å². The number of fused-ring (bicyclic) bond motifs is 1. The summed E-state index contributed by atoms with van der Waals surface area (Å²) in [5.41, 5.74) is 6.50. The minimum absolute atomic E-state index is 0.0290. The largest absolute Gasteiger partial charge is 0.374 e. The molecule has 0 saturated carbocycles. The molecule has 3 rings (SSSR count). The van der Waals surface area contributed by atoms with Gasteiger partial charge in [0.05, 0.1) is 0 Å². The monoisotopic (exact) mass is 302 g/mol. The Morgan fingerprint density at radius 1 is 1.39 bits per heavy atom. The van der Waals surface area contributed by atoms with E-state index in [4.69, 9.17) is 5.73 Å². The fourth-order valence-corrected chi connectivity index (χ4v) is 5.09. The van der Waals surface area contributed by atoms with Gasteiger partial charge >= 0.3 is 0 Å². The Morgan fingerprint density at radius 2 is 2.22 bits per heavy atom. The highest BCUT2D eigenvalue weighted by Gasteiger charge is 2.31. The van der Waals surface area contributed by atoms with E-state index in [-0.39, 0.29) is 9.47 Å². The maximum atomic E-state index is 12.3. The first-order valence-electron chi connectivity index (χ1n) is 5.22. The van der Waals surface area contributed by atoms with Gasteiger partial charge in [-0.3, -0.25) is 0 Å². The fourth-order valence-electron chi connectivity index (χ4n) is 1.86. The number of nitrogen functional groups attached to an aromatic ring is 1. The topological polar surface area (TPSA) is 89.2 Å². The summed E-state index contributed by atoms with van der Waals surface area (Å²) in [6.07, 6.45) is 0.751. The lowest BCUT2D eigenvalue weighted by molar-refractivity contribution is 0.393. The van der Waals surface area contributed by atoms with Crippen molar-refractivity contribution in [2.75, 3.05) is 12.3 Å². The summed E-state index contributed by atoms with van der Waals surface area (Å²) in [4.78, 5) is 1.26. The lowest BCUT2D eigenvalue weighted by Gasteiger charge is -2.24. The lowest BCUT2D eigenvalue weighted by atomic mass is 10.1. The summed E-state index contributed by atoms with van der Waals surface area (Å²) in [6.45, 7) is 0.885. The Labute approximate surface area is 112 Å². The third kappa shape index (κ3) is 1.92. The molecule has 0 saturated heterocycles. The third-order valence-corrected chi connectivity index (χ3v) is 6.72. The molecule has 2 N–H and O–H groups in total. The molecule has 0 amide bonds. The lowest BCUT2D eigenvalue weighted by Crippen LogP contribution is -2.35. The summed E-state index contributed by atoms with van der Waals surface area (Å²) < 4.78 is 26.0. The molecule has 6 nitrogen and oxygen atoms in total. The van der Waals surface area contributed by atoms with Gasteiger partial charge in [0.15, 0.2) is 0 Å². The molecule has 0 unspecified atom stereocenters. The molecule has 0 aliphatic carbocycles. The molecule has 1 aliphatic heterocycles. The molecule has 1 aliphatic rings. The van der Waals surface area contributed by atoms with Gasteiger partial charge in [-0.2, -0.15) is 4.31 Å². The predicted octanol–water partition coefficient (Wildman–Crippen LogP) is 0.929. The van der Waals surface area contributed by atoms with Crippen LogP contribution in [0.2, 0.25) is 0 Å². The van der Waals surface area contributed by atoms with E-state index in [2.05, 4.69) is 10.2 Å². The van der Waals surface area contributed by atoms with E-state index in [9.17, 15) is 8.42 Å². The molecule has 0 atom stereocenters. The Bertz CT molecular complexity index is 676. The van der Waals surface area contributed by atoms with E-state index >= 15 is 0 Å². The van der Waals surface area contributed by atoms with Gasteiger partial charge in [0.2, 0.25) is 9.47 Å². The van der Waals surface area contributed by atoms with Gasteiger partial charge in [0.1, 0.15) is 0 Å². The second kappa shape index (κ2) is 4.26. The van der Waals surface area contributed by atoms with Crippen LogP contribution in [-0.2, 0) is 23.0 Å². The van der Waals surface area contributed by atoms with Crippen molar-refractivity contribution in [3.05, 3.63) is 21.9 Å². The maximum Gasteiger partial charge on any atom is 0.272 e. The number of nitrogens with zero attached hydrogens (tertiary/aromatic N) is 3. The minimum atomic E-state index is -3.56. The molecule has 0 aromatic carbocycles. The number of nitrogens with two attached hydrogens (primary N) is 1. The van der Waals surface area contributed by atoms with E-state index in [0.29, 0.717) is 13.1 Å². The summed E-state index contributed by atoms with van der Waals surface area (Å²) >= 11 is 2.57. The molecular weight excluding hydrogens is 292 g/mol. The van der Waals surface area contributed by atoms with E-state index in [1.807, 2.05) is 11.4 Å². The van der Waals surface area contributed by atoms with Gasteiger partial charge < -0.3 is 5.73 Å². The molecule has 0 bridgehead atoms. The number of sulfonamides is 1. The number of aromatic nitrogens is 2. The first kappa shape index (κ1) is 12.0. The predicted molar refractivity (Wildman–Crippen MR) is 69.9 cm³/mol. The van der Waals surface area contributed by atoms with Crippen LogP contribution in [0.25, 0.3) is 0 Å². The molecule has 96 valence electrons. The Morgan fingerprint density at radius 3 is 2.94 bits per heavy atom. The highest BCUT2D eigenvalue weighted by atomic mass is 32.2. The molecule has 3 heterocycles. The van der Waals surface area contributed by atoms with Gasteiger partial charge in [-0.15, -0.1) is 21.5 Å². The first-order chi connectivity index (χ1) is 8.57. The standard InChI is InChI=1S/C9H10N4O2S3/c10-8-11-12-9(17-8)18(14,15)13-3-1-7-6(5-13)2-4-16-7/h2,4H,1,3,5H2,(H2,10,11). The van der Waals surface area contributed by atoms with Crippen molar-refractivity contribution in [2.24, 2.45) is 0 Å². The molecule has 0 fully saturated rings. The van der Waals surface area contributed by atoms with E-state index in [1.165, 1.54) is 9.18 Å². The van der Waals surface area contributed by atoms with Crippen LogP contribution in [0.5, 0.6) is 0 Å². The van der Waals surface area contributed by atoms with Crippen LogP contribution in [0.4, 0.5) is 5.13 Å². The molecule has 2 aromatic heterocycles. The molecule has 18 heavy (non-hydrogen) atoms. The number of hydrogen-bond donors (Lipinski definition) is 1. The Hall–Kier alpha value is -1.03. The van der Waals surface area contributed by atoms with Gasteiger partial charge in [0.25, 0.3) is 10.0 Å². The van der Waals surface area contributed by atoms with Crippen molar-refractivity contribution in [1.82, 2.24) is 14.5 Å². The minimum Gasteiger partial charge on any atom is -0.374 e. The van der Waals surface area contributed by atoms with Crippen molar-refractivity contribution in [1.29, 1.82) is 0 Å². The fraction of sp³-hybridized carbons (Fsp3) is 0.333. The van der Waals surface area contributed by atoms with Gasteiger partial charge in [-0.05, 0) is 23.4 Å². The average molecular weight is 302 g/mol. The number of rotatable bonds is 2.